The Morgan fingerprint density at radius 1 is 1.31 bits per heavy atom. The van der Waals surface area contributed by atoms with Gasteiger partial charge in [-0.15, -0.1) is 10.2 Å². The molecule has 10 heteroatoms. The normalized spacial score (nSPS) is 18.8. The van der Waals surface area contributed by atoms with Gasteiger partial charge in [-0.1, -0.05) is 65.6 Å². The zero-order valence-corrected chi connectivity index (χ0v) is 18.7. The fourth-order valence-electron chi connectivity index (χ4n) is 3.79. The highest BCUT2D eigenvalue weighted by Gasteiger charge is 2.39. The largest absolute Gasteiger partial charge is 0.384 e. The number of nitriles is 1. The van der Waals surface area contributed by atoms with E-state index in [2.05, 4.69) is 16.3 Å². The van der Waals surface area contributed by atoms with Crippen LogP contribution in [0.4, 0.5) is 5.13 Å². The number of allylic oxidation sites excluding steroid dienone is 4. The third kappa shape index (κ3) is 4.30. The fourth-order valence-corrected chi connectivity index (χ4v) is 5.41. The molecule has 2 aliphatic rings. The maximum absolute atomic E-state index is 13.0. The number of hydrogen-bond acceptors (Lipinski definition) is 9. The van der Waals surface area contributed by atoms with Crippen molar-refractivity contribution >= 4 is 46.0 Å². The van der Waals surface area contributed by atoms with E-state index in [1.165, 1.54) is 23.1 Å². The first-order chi connectivity index (χ1) is 15.5. The van der Waals surface area contributed by atoms with Crippen LogP contribution in [0.15, 0.2) is 63.4 Å². The highest BCUT2D eigenvalue weighted by molar-refractivity contribution is 8.01. The molecule has 0 bridgehead atoms. The Morgan fingerprint density at radius 2 is 2.09 bits per heavy atom. The summed E-state index contributed by atoms with van der Waals surface area (Å²) < 4.78 is 0.556. The van der Waals surface area contributed by atoms with Crippen LogP contribution in [0.2, 0.25) is 0 Å². The second-order valence-corrected chi connectivity index (χ2v) is 9.41. The van der Waals surface area contributed by atoms with E-state index in [1.807, 2.05) is 42.5 Å². The summed E-state index contributed by atoms with van der Waals surface area (Å²) in [4.78, 5) is 25.7. The molecule has 1 aromatic carbocycles. The minimum Gasteiger partial charge on any atom is -0.384 e. The van der Waals surface area contributed by atoms with Gasteiger partial charge in [0.1, 0.15) is 5.82 Å². The lowest BCUT2D eigenvalue weighted by Gasteiger charge is -2.37. The molecular weight excluding hydrogens is 444 g/mol. The van der Waals surface area contributed by atoms with Crippen LogP contribution in [-0.4, -0.2) is 27.6 Å². The molecule has 32 heavy (non-hydrogen) atoms. The number of nitrogens with two attached hydrogens (primary N) is 2. The molecule has 1 aromatic heterocycles. The molecule has 1 unspecified atom stereocenters. The number of Topliss-reactive ketones (excluding diaryl/α,β-unsaturated/α-hetero) is 1. The maximum Gasteiger partial charge on any atom is 0.227 e. The predicted octanol–water partition coefficient (Wildman–Crippen LogP) is 2.97. The molecule has 2 aromatic rings. The van der Waals surface area contributed by atoms with Crippen LogP contribution in [0, 0.1) is 17.2 Å². The highest BCUT2D eigenvalue weighted by Crippen LogP contribution is 2.43. The van der Waals surface area contributed by atoms with E-state index < -0.39 is 11.8 Å². The van der Waals surface area contributed by atoms with Gasteiger partial charge in [-0.25, -0.2) is 0 Å². The van der Waals surface area contributed by atoms with Crippen molar-refractivity contribution in [3.63, 3.8) is 0 Å². The van der Waals surface area contributed by atoms with Crippen molar-refractivity contribution in [1.29, 1.82) is 5.26 Å². The van der Waals surface area contributed by atoms with Gasteiger partial charge in [0.05, 0.1) is 17.4 Å². The van der Waals surface area contributed by atoms with E-state index in [-0.39, 0.29) is 17.4 Å². The molecule has 1 amide bonds. The molecule has 0 fully saturated rings. The van der Waals surface area contributed by atoms with Gasteiger partial charge in [0.2, 0.25) is 11.0 Å². The Hall–Kier alpha value is -3.42. The van der Waals surface area contributed by atoms with Gasteiger partial charge in [0.25, 0.3) is 0 Å². The standard InChI is InChI=1S/C22H20N6O2S2/c23-11-15-14(10-9-13-5-2-1-3-6-13)19-16(7-4-8-17(19)29)28(20(15)25)21-26-27-22(32-21)31-12-18(24)30/h1-3,5-6,9-10,14H,4,7-8,12,25H2,(H2,24,30)/b10-9+. The number of benzene rings is 1. The molecule has 0 spiro atoms. The zero-order chi connectivity index (χ0) is 22.7. The average molecular weight is 465 g/mol. The van der Waals surface area contributed by atoms with Crippen LogP contribution in [0.25, 0.3) is 6.08 Å². The second kappa shape index (κ2) is 9.38. The monoisotopic (exact) mass is 464 g/mol. The van der Waals surface area contributed by atoms with E-state index in [0.717, 1.165) is 11.3 Å². The number of hydrogen-bond donors (Lipinski definition) is 2. The molecule has 2 heterocycles. The lowest BCUT2D eigenvalue weighted by molar-refractivity contribution is -0.116. The number of amides is 1. The number of nitrogens with zero attached hydrogens (tertiary/aromatic N) is 4. The van der Waals surface area contributed by atoms with Gasteiger partial charge in [-0.3, -0.25) is 14.5 Å². The first-order valence-corrected chi connectivity index (χ1v) is 11.7. The fraction of sp³-hybridized carbons (Fsp3) is 0.227. The smallest absolute Gasteiger partial charge is 0.227 e. The molecule has 1 aliphatic heterocycles. The molecule has 162 valence electrons. The molecule has 4 rings (SSSR count). The summed E-state index contributed by atoms with van der Waals surface area (Å²) in [6, 6.07) is 11.9. The number of ketones is 1. The van der Waals surface area contributed by atoms with Gasteiger partial charge in [0.15, 0.2) is 10.1 Å². The highest BCUT2D eigenvalue weighted by atomic mass is 32.2. The first-order valence-electron chi connectivity index (χ1n) is 9.93. The van der Waals surface area contributed by atoms with Crippen molar-refractivity contribution < 1.29 is 9.59 Å². The van der Waals surface area contributed by atoms with Crippen LogP contribution in [0.5, 0.6) is 0 Å². The average Bonchev–Trinajstić information content (AvgIpc) is 3.25. The van der Waals surface area contributed by atoms with Gasteiger partial charge >= 0.3 is 0 Å². The number of carbonyl (C=O) groups excluding carboxylic acids is 2. The molecule has 1 aliphatic carbocycles. The van der Waals surface area contributed by atoms with Crippen LogP contribution >= 0.6 is 23.1 Å². The SMILES string of the molecule is N#CC1=C(N)N(c2nnc(SCC(N)=O)s2)C2=C(C(=O)CCC2)C1/C=C/c1ccccc1. The molecule has 4 N–H and O–H groups in total. The summed E-state index contributed by atoms with van der Waals surface area (Å²) in [5.74, 6) is -0.636. The van der Waals surface area contributed by atoms with Crippen molar-refractivity contribution in [2.24, 2.45) is 17.4 Å². The number of aromatic nitrogens is 2. The summed E-state index contributed by atoms with van der Waals surface area (Å²) in [5, 5.41) is 18.7. The van der Waals surface area contributed by atoms with Crippen LogP contribution in [0.1, 0.15) is 24.8 Å². The number of rotatable bonds is 6. The number of primary amides is 1. The lowest BCUT2D eigenvalue weighted by Crippen LogP contribution is -2.39. The second-order valence-electron chi connectivity index (χ2n) is 7.24. The van der Waals surface area contributed by atoms with Gasteiger partial charge in [-0.05, 0) is 18.4 Å². The van der Waals surface area contributed by atoms with Crippen molar-refractivity contribution in [2.75, 3.05) is 10.7 Å². The van der Waals surface area contributed by atoms with E-state index >= 15 is 0 Å². The van der Waals surface area contributed by atoms with Crippen molar-refractivity contribution in [3.8, 4) is 6.07 Å². The maximum atomic E-state index is 13.0. The predicted molar refractivity (Wildman–Crippen MR) is 124 cm³/mol. The molecule has 0 saturated heterocycles. The van der Waals surface area contributed by atoms with Crippen LogP contribution in [-0.2, 0) is 9.59 Å². The topological polar surface area (TPSA) is 139 Å². The Kier molecular flexibility index (Phi) is 6.39. The minimum absolute atomic E-state index is 0.00653. The lowest BCUT2D eigenvalue weighted by atomic mass is 9.79. The third-order valence-corrected chi connectivity index (χ3v) is 7.23. The van der Waals surface area contributed by atoms with E-state index in [1.54, 1.807) is 4.90 Å². The van der Waals surface area contributed by atoms with E-state index in [4.69, 9.17) is 11.5 Å². The van der Waals surface area contributed by atoms with Gasteiger partial charge in [0, 0.05) is 23.6 Å². The van der Waals surface area contributed by atoms with Crippen molar-refractivity contribution in [1.82, 2.24) is 10.2 Å². The van der Waals surface area contributed by atoms with Crippen LogP contribution < -0.4 is 16.4 Å². The van der Waals surface area contributed by atoms with E-state index in [0.29, 0.717) is 39.9 Å². The molecule has 0 radical (unpaired) electrons. The van der Waals surface area contributed by atoms with Crippen molar-refractivity contribution in [3.05, 3.63) is 64.6 Å². The zero-order valence-electron chi connectivity index (χ0n) is 17.0. The summed E-state index contributed by atoms with van der Waals surface area (Å²) in [6.07, 6.45) is 5.53. The summed E-state index contributed by atoms with van der Waals surface area (Å²) >= 11 is 2.42. The summed E-state index contributed by atoms with van der Waals surface area (Å²) in [6.45, 7) is 0. The number of anilines is 1. The molecular formula is C22H20N6O2S2. The Labute approximate surface area is 193 Å². The molecule has 8 nitrogen and oxygen atoms in total. The van der Waals surface area contributed by atoms with Crippen molar-refractivity contribution in [2.45, 2.75) is 23.6 Å². The first kappa shape index (κ1) is 21.8. The van der Waals surface area contributed by atoms with Gasteiger partial charge in [-0.2, -0.15) is 5.26 Å². The molecule has 1 atom stereocenters. The minimum atomic E-state index is -0.518. The number of thioether (sulfide) groups is 1. The quantitative estimate of drug-likeness (QED) is 0.622. The third-order valence-electron chi connectivity index (χ3n) is 5.16. The number of carbonyl (C=O) groups is 2. The van der Waals surface area contributed by atoms with Crippen LogP contribution in [0.3, 0.4) is 0 Å². The Bertz CT molecular complexity index is 1190. The Morgan fingerprint density at radius 3 is 2.81 bits per heavy atom. The van der Waals surface area contributed by atoms with E-state index in [9.17, 15) is 14.9 Å². The van der Waals surface area contributed by atoms with Gasteiger partial charge < -0.3 is 11.5 Å². The Balaban J connectivity index is 1.76. The molecule has 0 saturated carbocycles. The summed E-state index contributed by atoms with van der Waals surface area (Å²) in [5.41, 5.74) is 14.3. The summed E-state index contributed by atoms with van der Waals surface area (Å²) in [7, 11) is 0.